The second kappa shape index (κ2) is 4.84. The number of terminal acetylenes is 1. The SMILES string of the molecule is C#CCCC1(O)CCCCC1C(C)C. The number of rotatable bonds is 3. The average molecular weight is 194 g/mol. The molecule has 80 valence electrons. The molecule has 1 nitrogen and oxygen atoms in total. The zero-order valence-electron chi connectivity index (χ0n) is 9.42. The van der Waals surface area contributed by atoms with Crippen LogP contribution in [0.2, 0.25) is 0 Å². The monoisotopic (exact) mass is 194 g/mol. The molecule has 0 aromatic carbocycles. The minimum absolute atomic E-state index is 0.449. The summed E-state index contributed by atoms with van der Waals surface area (Å²) in [5.74, 6) is 3.66. The summed E-state index contributed by atoms with van der Waals surface area (Å²) in [5.41, 5.74) is -0.473. The van der Waals surface area contributed by atoms with Gasteiger partial charge in [-0.05, 0) is 31.1 Å². The van der Waals surface area contributed by atoms with E-state index in [1.165, 1.54) is 12.8 Å². The van der Waals surface area contributed by atoms with Gasteiger partial charge in [-0.1, -0.05) is 26.7 Å². The lowest BCUT2D eigenvalue weighted by molar-refractivity contribution is -0.0708. The van der Waals surface area contributed by atoms with Crippen LogP contribution in [-0.2, 0) is 0 Å². The normalized spacial score (nSPS) is 32.9. The van der Waals surface area contributed by atoms with E-state index in [2.05, 4.69) is 19.8 Å². The van der Waals surface area contributed by atoms with Crippen LogP contribution in [0.1, 0.15) is 52.4 Å². The first-order chi connectivity index (χ1) is 6.60. The quantitative estimate of drug-likeness (QED) is 0.685. The fourth-order valence-corrected chi connectivity index (χ4v) is 2.80. The third-order valence-electron chi connectivity index (χ3n) is 3.57. The predicted octanol–water partition coefficient (Wildman–Crippen LogP) is 2.98. The Morgan fingerprint density at radius 3 is 2.79 bits per heavy atom. The van der Waals surface area contributed by atoms with Crippen molar-refractivity contribution in [1.29, 1.82) is 0 Å². The van der Waals surface area contributed by atoms with E-state index in [0.29, 0.717) is 18.3 Å². The highest BCUT2D eigenvalue weighted by atomic mass is 16.3. The van der Waals surface area contributed by atoms with E-state index in [9.17, 15) is 5.11 Å². The highest BCUT2D eigenvalue weighted by molar-refractivity contribution is 4.95. The molecule has 0 heterocycles. The predicted molar refractivity (Wildman–Crippen MR) is 59.8 cm³/mol. The number of aliphatic hydroxyl groups is 1. The zero-order chi connectivity index (χ0) is 10.6. The van der Waals surface area contributed by atoms with Crippen LogP contribution in [0, 0.1) is 24.2 Å². The number of hydrogen-bond donors (Lipinski definition) is 1. The topological polar surface area (TPSA) is 20.2 Å². The molecule has 0 saturated heterocycles. The van der Waals surface area contributed by atoms with Gasteiger partial charge in [0.05, 0.1) is 5.60 Å². The molecule has 0 spiro atoms. The summed E-state index contributed by atoms with van der Waals surface area (Å²) in [4.78, 5) is 0. The Kier molecular flexibility index (Phi) is 4.01. The molecule has 0 aromatic heterocycles. The van der Waals surface area contributed by atoms with Crippen LogP contribution >= 0.6 is 0 Å². The highest BCUT2D eigenvalue weighted by Crippen LogP contribution is 2.40. The highest BCUT2D eigenvalue weighted by Gasteiger charge is 2.39. The third-order valence-corrected chi connectivity index (χ3v) is 3.57. The lowest BCUT2D eigenvalue weighted by Gasteiger charge is -2.42. The summed E-state index contributed by atoms with van der Waals surface area (Å²) in [5, 5.41) is 10.5. The van der Waals surface area contributed by atoms with Gasteiger partial charge in [0.25, 0.3) is 0 Å². The summed E-state index contributed by atoms with van der Waals surface area (Å²) in [7, 11) is 0. The minimum Gasteiger partial charge on any atom is -0.390 e. The van der Waals surface area contributed by atoms with Gasteiger partial charge in [0.15, 0.2) is 0 Å². The molecule has 14 heavy (non-hydrogen) atoms. The van der Waals surface area contributed by atoms with Crippen molar-refractivity contribution < 1.29 is 5.11 Å². The molecule has 1 heteroatoms. The van der Waals surface area contributed by atoms with E-state index in [-0.39, 0.29) is 0 Å². The van der Waals surface area contributed by atoms with Crippen LogP contribution in [0.5, 0.6) is 0 Å². The van der Waals surface area contributed by atoms with Gasteiger partial charge in [0, 0.05) is 6.42 Å². The molecular formula is C13H22O. The van der Waals surface area contributed by atoms with Crippen molar-refractivity contribution in [3.63, 3.8) is 0 Å². The second-order valence-corrected chi connectivity index (χ2v) is 4.90. The molecular weight excluding hydrogens is 172 g/mol. The van der Waals surface area contributed by atoms with Gasteiger partial charge in [0.2, 0.25) is 0 Å². The van der Waals surface area contributed by atoms with Gasteiger partial charge >= 0.3 is 0 Å². The Hall–Kier alpha value is -0.480. The maximum atomic E-state index is 10.5. The summed E-state index contributed by atoms with van der Waals surface area (Å²) in [6.07, 6.45) is 11.3. The molecule has 1 N–H and O–H groups in total. The maximum Gasteiger partial charge on any atom is 0.0687 e. The first-order valence-corrected chi connectivity index (χ1v) is 5.76. The Bertz CT molecular complexity index is 214. The summed E-state index contributed by atoms with van der Waals surface area (Å²) in [6, 6.07) is 0. The van der Waals surface area contributed by atoms with E-state index in [1.807, 2.05) is 0 Å². The first kappa shape index (κ1) is 11.6. The smallest absolute Gasteiger partial charge is 0.0687 e. The zero-order valence-corrected chi connectivity index (χ0v) is 9.42. The first-order valence-electron chi connectivity index (χ1n) is 5.76. The number of hydrogen-bond acceptors (Lipinski definition) is 1. The van der Waals surface area contributed by atoms with Crippen LogP contribution < -0.4 is 0 Å². The van der Waals surface area contributed by atoms with E-state index in [4.69, 9.17) is 6.42 Å². The van der Waals surface area contributed by atoms with E-state index >= 15 is 0 Å². The van der Waals surface area contributed by atoms with E-state index in [1.54, 1.807) is 0 Å². The van der Waals surface area contributed by atoms with Gasteiger partial charge in [-0.3, -0.25) is 0 Å². The van der Waals surface area contributed by atoms with Crippen LogP contribution in [0.25, 0.3) is 0 Å². The Morgan fingerprint density at radius 2 is 2.21 bits per heavy atom. The maximum absolute atomic E-state index is 10.5. The van der Waals surface area contributed by atoms with Crippen LogP contribution in [-0.4, -0.2) is 10.7 Å². The van der Waals surface area contributed by atoms with Crippen LogP contribution in [0.15, 0.2) is 0 Å². The Labute approximate surface area is 87.9 Å². The van der Waals surface area contributed by atoms with Crippen molar-refractivity contribution in [2.45, 2.75) is 58.0 Å². The average Bonchev–Trinajstić information content (AvgIpc) is 2.15. The molecule has 0 amide bonds. The molecule has 2 unspecified atom stereocenters. The molecule has 0 radical (unpaired) electrons. The second-order valence-electron chi connectivity index (χ2n) is 4.90. The fraction of sp³-hybridized carbons (Fsp3) is 0.846. The molecule has 1 saturated carbocycles. The van der Waals surface area contributed by atoms with Crippen LogP contribution in [0.4, 0.5) is 0 Å². The molecule has 0 bridgehead atoms. The van der Waals surface area contributed by atoms with Gasteiger partial charge in [-0.15, -0.1) is 12.3 Å². The largest absolute Gasteiger partial charge is 0.390 e. The molecule has 2 atom stereocenters. The van der Waals surface area contributed by atoms with Crippen LogP contribution in [0.3, 0.4) is 0 Å². The minimum atomic E-state index is -0.473. The summed E-state index contributed by atoms with van der Waals surface area (Å²) >= 11 is 0. The van der Waals surface area contributed by atoms with E-state index < -0.39 is 5.60 Å². The summed E-state index contributed by atoms with van der Waals surface area (Å²) in [6.45, 7) is 4.41. The van der Waals surface area contributed by atoms with Crippen molar-refractivity contribution in [2.75, 3.05) is 0 Å². The molecule has 0 aromatic rings. The summed E-state index contributed by atoms with van der Waals surface area (Å²) < 4.78 is 0. The standard InChI is InChI=1S/C13H22O/c1-4-5-9-13(14)10-7-6-8-12(13)11(2)3/h1,11-12,14H,5-10H2,2-3H3. The van der Waals surface area contributed by atoms with Crippen molar-refractivity contribution in [3.05, 3.63) is 0 Å². The van der Waals surface area contributed by atoms with Gasteiger partial charge in [-0.25, -0.2) is 0 Å². The lowest BCUT2D eigenvalue weighted by Crippen LogP contribution is -2.43. The molecule has 1 rings (SSSR count). The van der Waals surface area contributed by atoms with E-state index in [0.717, 1.165) is 19.3 Å². The molecule has 1 aliphatic carbocycles. The fourth-order valence-electron chi connectivity index (χ4n) is 2.80. The third kappa shape index (κ3) is 2.51. The lowest BCUT2D eigenvalue weighted by atomic mass is 9.68. The Balaban J connectivity index is 2.65. The molecule has 0 aliphatic heterocycles. The molecule has 1 aliphatic rings. The van der Waals surface area contributed by atoms with Crippen molar-refractivity contribution in [3.8, 4) is 12.3 Å². The van der Waals surface area contributed by atoms with Crippen molar-refractivity contribution >= 4 is 0 Å². The van der Waals surface area contributed by atoms with Gasteiger partial charge in [-0.2, -0.15) is 0 Å². The van der Waals surface area contributed by atoms with Crippen molar-refractivity contribution in [2.24, 2.45) is 11.8 Å². The van der Waals surface area contributed by atoms with Crippen molar-refractivity contribution in [1.82, 2.24) is 0 Å². The van der Waals surface area contributed by atoms with Gasteiger partial charge < -0.3 is 5.11 Å². The Morgan fingerprint density at radius 1 is 1.50 bits per heavy atom. The van der Waals surface area contributed by atoms with Gasteiger partial charge in [0.1, 0.15) is 0 Å². The molecule has 1 fully saturated rings.